The molecule has 9 heteroatoms. The van der Waals surface area contributed by atoms with Crippen molar-refractivity contribution in [2.75, 3.05) is 0 Å². The van der Waals surface area contributed by atoms with Gasteiger partial charge in [-0.3, -0.25) is 9.59 Å². The van der Waals surface area contributed by atoms with Gasteiger partial charge in [0, 0.05) is 17.7 Å². The summed E-state index contributed by atoms with van der Waals surface area (Å²) in [5.74, 6) is -1.54. The van der Waals surface area contributed by atoms with Crippen LogP contribution in [0.15, 0.2) is 15.0 Å². The molecule has 2 N–H and O–H groups in total. The van der Waals surface area contributed by atoms with E-state index in [9.17, 15) is 19.8 Å². The molecule has 0 aromatic carbocycles. The number of nitrogens with zero attached hydrogens (tertiary/aromatic N) is 1. The summed E-state index contributed by atoms with van der Waals surface area (Å²) in [5, 5.41) is 24.5. The lowest BCUT2D eigenvalue weighted by Gasteiger charge is -2.34. The van der Waals surface area contributed by atoms with E-state index in [1.807, 2.05) is 35.5 Å². The number of ketones is 1. The van der Waals surface area contributed by atoms with Crippen molar-refractivity contribution in [3.8, 4) is 0 Å². The van der Waals surface area contributed by atoms with Gasteiger partial charge in [0.1, 0.15) is 16.9 Å². The molecule has 36 heavy (non-hydrogen) atoms. The minimum Gasteiger partial charge on any atom is -0.458 e. The van der Waals surface area contributed by atoms with E-state index in [-0.39, 0.29) is 30.3 Å². The van der Waals surface area contributed by atoms with Gasteiger partial charge in [-0.2, -0.15) is 0 Å². The molecule has 0 amide bonds. The highest BCUT2D eigenvalue weighted by atomic mass is 127. The van der Waals surface area contributed by atoms with E-state index in [0.717, 1.165) is 35.5 Å². The highest BCUT2D eigenvalue weighted by Gasteiger charge is 2.44. The van der Waals surface area contributed by atoms with Gasteiger partial charge < -0.3 is 19.7 Å². The molecule has 2 aliphatic heterocycles. The molecule has 7 atom stereocenters. The maximum absolute atomic E-state index is 13.2. The normalized spacial score (nSPS) is 34.9. The topological polar surface area (TPSA) is 109 Å². The average Bonchev–Trinajstić information content (AvgIpc) is 3.41. The molecule has 0 bridgehead atoms. The molecule has 3 rings (SSSR count). The Morgan fingerprint density at radius 2 is 1.94 bits per heavy atom. The van der Waals surface area contributed by atoms with Crippen LogP contribution in [0.5, 0.6) is 0 Å². The van der Waals surface area contributed by atoms with Gasteiger partial charge >= 0.3 is 5.97 Å². The number of thiazole rings is 1. The lowest BCUT2D eigenvalue weighted by atomic mass is 9.73. The molecule has 0 radical (unpaired) electrons. The molecule has 1 aromatic rings. The predicted octanol–water partition coefficient (Wildman–Crippen LogP) is 5.18. The Bertz CT molecular complexity index is 989. The number of hydrogen-bond donors (Lipinski definition) is 2. The minimum atomic E-state index is -1.23. The SMILES string of the molecule is CC(=Cc1csc(C=CI)n1)[C@@H]1C[C@@H]2O[C@@H]2CCC[C@H](C)[C@H](O)[C@@H](C)C(=O)C(C)(C)[C@@H](O)CC(=O)O1. The summed E-state index contributed by atoms with van der Waals surface area (Å²) < 4.78 is 13.7. The van der Waals surface area contributed by atoms with Gasteiger partial charge in [0.25, 0.3) is 0 Å². The summed E-state index contributed by atoms with van der Waals surface area (Å²) in [6.07, 6.45) is 4.11. The molecule has 200 valence electrons. The zero-order valence-corrected chi connectivity index (χ0v) is 24.6. The quantitative estimate of drug-likeness (QED) is 0.269. The van der Waals surface area contributed by atoms with Gasteiger partial charge in [-0.1, -0.05) is 56.7 Å². The number of carbonyl (C=O) groups is 2. The predicted molar refractivity (Wildman–Crippen MR) is 150 cm³/mol. The van der Waals surface area contributed by atoms with Crippen LogP contribution >= 0.6 is 33.9 Å². The number of aromatic nitrogens is 1. The van der Waals surface area contributed by atoms with Crippen LogP contribution < -0.4 is 0 Å². The summed E-state index contributed by atoms with van der Waals surface area (Å²) in [6, 6.07) is 0. The van der Waals surface area contributed by atoms with Crippen LogP contribution in [0, 0.1) is 17.3 Å². The van der Waals surface area contributed by atoms with Gasteiger partial charge in [0.2, 0.25) is 0 Å². The van der Waals surface area contributed by atoms with Crippen LogP contribution in [0.3, 0.4) is 0 Å². The number of cyclic esters (lactones) is 1. The lowest BCUT2D eigenvalue weighted by Crippen LogP contribution is -2.45. The van der Waals surface area contributed by atoms with Crippen LogP contribution in [-0.4, -0.2) is 57.5 Å². The molecular weight excluding hydrogens is 593 g/mol. The first-order valence-electron chi connectivity index (χ1n) is 12.6. The molecule has 2 aliphatic rings. The Morgan fingerprint density at radius 1 is 1.22 bits per heavy atom. The fourth-order valence-electron chi connectivity index (χ4n) is 4.83. The molecule has 2 fully saturated rings. The van der Waals surface area contributed by atoms with Crippen LogP contribution in [-0.2, 0) is 19.1 Å². The van der Waals surface area contributed by atoms with Crippen molar-refractivity contribution in [2.24, 2.45) is 17.3 Å². The van der Waals surface area contributed by atoms with E-state index in [1.54, 1.807) is 20.8 Å². The van der Waals surface area contributed by atoms with Crippen LogP contribution in [0.25, 0.3) is 12.2 Å². The summed E-state index contributed by atoms with van der Waals surface area (Å²) >= 11 is 3.69. The number of rotatable bonds is 3. The number of esters is 1. The first-order valence-corrected chi connectivity index (χ1v) is 14.7. The number of ether oxygens (including phenoxy) is 2. The van der Waals surface area contributed by atoms with E-state index < -0.39 is 35.6 Å². The first-order chi connectivity index (χ1) is 16.9. The van der Waals surface area contributed by atoms with Crippen molar-refractivity contribution < 1.29 is 29.3 Å². The van der Waals surface area contributed by atoms with Crippen LogP contribution in [0.4, 0.5) is 0 Å². The first kappa shape index (κ1) is 29.4. The van der Waals surface area contributed by atoms with Crippen molar-refractivity contribution in [1.82, 2.24) is 4.98 Å². The van der Waals surface area contributed by atoms with E-state index in [4.69, 9.17) is 9.47 Å². The van der Waals surface area contributed by atoms with Crippen LogP contribution in [0.2, 0.25) is 0 Å². The molecule has 0 aliphatic carbocycles. The number of aliphatic hydroxyl groups is 2. The zero-order chi connectivity index (χ0) is 26.6. The monoisotopic (exact) mass is 631 g/mol. The number of carbonyl (C=O) groups excluding carboxylic acids is 2. The highest BCUT2D eigenvalue weighted by Crippen LogP contribution is 2.36. The Labute approximate surface area is 231 Å². The van der Waals surface area contributed by atoms with Crippen molar-refractivity contribution >= 4 is 57.8 Å². The second-order valence-electron chi connectivity index (χ2n) is 10.7. The molecule has 1 aromatic heterocycles. The van der Waals surface area contributed by atoms with E-state index >= 15 is 0 Å². The lowest BCUT2D eigenvalue weighted by molar-refractivity contribution is -0.154. The molecule has 7 nitrogen and oxygen atoms in total. The fourth-order valence-corrected chi connectivity index (χ4v) is 6.08. The molecular formula is C27H38INO6S. The molecule has 2 saturated heterocycles. The number of epoxide rings is 1. The van der Waals surface area contributed by atoms with Gasteiger partial charge in [0.05, 0.1) is 41.9 Å². The number of halogens is 1. The van der Waals surface area contributed by atoms with Gasteiger partial charge in [-0.15, -0.1) is 11.3 Å². The Balaban J connectivity index is 1.82. The van der Waals surface area contributed by atoms with Crippen molar-refractivity contribution in [1.29, 1.82) is 0 Å². The smallest absolute Gasteiger partial charge is 0.309 e. The van der Waals surface area contributed by atoms with Crippen molar-refractivity contribution in [2.45, 2.75) is 97.2 Å². The third kappa shape index (κ3) is 7.46. The number of fused-ring (bicyclic) bond motifs is 1. The third-order valence-corrected chi connectivity index (χ3v) is 8.71. The maximum atomic E-state index is 13.2. The fraction of sp³-hybridized carbons (Fsp3) is 0.667. The van der Waals surface area contributed by atoms with Gasteiger partial charge in [-0.25, -0.2) is 4.98 Å². The highest BCUT2D eigenvalue weighted by molar-refractivity contribution is 14.1. The largest absolute Gasteiger partial charge is 0.458 e. The maximum Gasteiger partial charge on any atom is 0.309 e. The second-order valence-corrected chi connectivity index (χ2v) is 12.3. The number of aliphatic hydroxyl groups excluding tert-OH is 2. The molecule has 3 heterocycles. The molecule has 0 spiro atoms. The summed E-state index contributed by atoms with van der Waals surface area (Å²) in [5.41, 5.74) is 0.445. The number of hydrogen-bond acceptors (Lipinski definition) is 8. The van der Waals surface area contributed by atoms with E-state index in [0.29, 0.717) is 6.42 Å². The van der Waals surface area contributed by atoms with Crippen LogP contribution in [0.1, 0.15) is 77.4 Å². The van der Waals surface area contributed by atoms with Crippen molar-refractivity contribution in [3.05, 3.63) is 25.7 Å². The summed E-state index contributed by atoms with van der Waals surface area (Å²) in [4.78, 5) is 30.7. The average molecular weight is 632 g/mol. The summed E-state index contributed by atoms with van der Waals surface area (Å²) in [7, 11) is 0. The standard InChI is InChI=1S/C27H38INO6S/c1-15-7-6-8-19-21(34-19)12-20(16(2)11-18-14-36-23(29-18)9-10-28)35-24(31)13-22(30)27(4,5)26(33)17(3)25(15)32/h9-11,14-15,17,19-22,25,30,32H,6-8,12-13H2,1-5H3/t15-,17+,19+,20-,21-,22-,25-/m0/s1. The molecule has 0 saturated carbocycles. The van der Waals surface area contributed by atoms with Crippen molar-refractivity contribution in [3.63, 3.8) is 0 Å². The van der Waals surface area contributed by atoms with Gasteiger partial charge in [-0.05, 0) is 47.5 Å². The Hall–Kier alpha value is -1.14. The third-order valence-electron chi connectivity index (χ3n) is 7.52. The Morgan fingerprint density at radius 3 is 2.64 bits per heavy atom. The number of Topliss-reactive ketones (excluding diaryl/α,β-unsaturated/α-hetero) is 1. The summed E-state index contributed by atoms with van der Waals surface area (Å²) in [6.45, 7) is 8.81. The van der Waals surface area contributed by atoms with Gasteiger partial charge in [0.15, 0.2) is 0 Å². The molecule has 0 unspecified atom stereocenters. The van der Waals surface area contributed by atoms with E-state index in [1.165, 1.54) is 11.3 Å². The Kier molecular flexibility index (Phi) is 10.3. The van der Waals surface area contributed by atoms with E-state index in [2.05, 4.69) is 27.6 Å². The second kappa shape index (κ2) is 12.6. The zero-order valence-electron chi connectivity index (χ0n) is 21.6. The minimum absolute atomic E-state index is 0.00546.